The summed E-state index contributed by atoms with van der Waals surface area (Å²) in [5, 5.41) is 9.26. The lowest BCUT2D eigenvalue weighted by Gasteiger charge is -2.38. The molecule has 0 amide bonds. The first-order valence-electron chi connectivity index (χ1n) is 6.85. The van der Waals surface area contributed by atoms with Crippen LogP contribution in [0.2, 0.25) is 0 Å². The van der Waals surface area contributed by atoms with Crippen molar-refractivity contribution in [2.45, 2.75) is 50.2 Å². The number of rotatable bonds is 2. The zero-order valence-corrected chi connectivity index (χ0v) is 10.5. The first kappa shape index (κ1) is 11.5. The van der Waals surface area contributed by atoms with E-state index in [2.05, 4.69) is 16.8 Å². The van der Waals surface area contributed by atoms with Crippen molar-refractivity contribution in [3.63, 3.8) is 0 Å². The molecule has 0 saturated carbocycles. The van der Waals surface area contributed by atoms with Crippen molar-refractivity contribution in [2.24, 2.45) is 5.92 Å². The molecule has 0 aromatic carbocycles. The van der Waals surface area contributed by atoms with Gasteiger partial charge in [0, 0.05) is 18.1 Å². The van der Waals surface area contributed by atoms with Crippen LogP contribution in [0, 0.1) is 5.92 Å². The van der Waals surface area contributed by atoms with Crippen molar-refractivity contribution >= 4 is 5.97 Å². The molecule has 3 fully saturated rings. The summed E-state index contributed by atoms with van der Waals surface area (Å²) in [5.74, 6) is -0.663. The quantitative estimate of drug-likeness (QED) is 0.780. The van der Waals surface area contributed by atoms with E-state index in [9.17, 15) is 9.90 Å². The number of likely N-dealkylation sites (tertiary alicyclic amines) is 1. The number of fused-ring (bicyclic) bond motifs is 2. The molecule has 96 valence electrons. The van der Waals surface area contributed by atoms with E-state index in [1.807, 2.05) is 0 Å². The third-order valence-electron chi connectivity index (χ3n) is 5.02. The Bertz CT molecular complexity index is 313. The zero-order valence-electron chi connectivity index (χ0n) is 10.5. The van der Waals surface area contributed by atoms with E-state index < -0.39 is 5.97 Å². The first-order valence-corrected chi connectivity index (χ1v) is 6.85. The molecule has 0 radical (unpaired) electrons. The second kappa shape index (κ2) is 4.25. The van der Waals surface area contributed by atoms with Crippen LogP contribution in [0.3, 0.4) is 0 Å². The molecule has 3 rings (SSSR count). The van der Waals surface area contributed by atoms with Gasteiger partial charge in [-0.3, -0.25) is 9.69 Å². The van der Waals surface area contributed by atoms with Crippen molar-refractivity contribution in [1.82, 2.24) is 9.80 Å². The predicted molar refractivity (Wildman–Crippen MR) is 64.9 cm³/mol. The fourth-order valence-corrected chi connectivity index (χ4v) is 4.16. The normalized spacial score (nSPS) is 39.9. The van der Waals surface area contributed by atoms with Crippen molar-refractivity contribution in [3.8, 4) is 0 Å². The average Bonchev–Trinajstić information content (AvgIpc) is 2.87. The summed E-state index contributed by atoms with van der Waals surface area (Å²) >= 11 is 0. The summed E-state index contributed by atoms with van der Waals surface area (Å²) in [6, 6.07) is 1.55. The van der Waals surface area contributed by atoms with Crippen LogP contribution in [-0.4, -0.2) is 59.1 Å². The molecule has 0 spiro atoms. The van der Waals surface area contributed by atoms with Gasteiger partial charge >= 0.3 is 5.97 Å². The largest absolute Gasteiger partial charge is 0.481 e. The van der Waals surface area contributed by atoms with Crippen LogP contribution in [0.25, 0.3) is 0 Å². The molecule has 0 aromatic heterocycles. The van der Waals surface area contributed by atoms with E-state index in [-0.39, 0.29) is 5.92 Å². The lowest BCUT2D eigenvalue weighted by atomic mass is 9.89. The molecule has 17 heavy (non-hydrogen) atoms. The van der Waals surface area contributed by atoms with Crippen LogP contribution >= 0.6 is 0 Å². The summed E-state index contributed by atoms with van der Waals surface area (Å²) in [6.07, 6.45) is 5.66. The predicted octanol–water partition coefficient (Wildman–Crippen LogP) is 1.02. The van der Waals surface area contributed by atoms with Gasteiger partial charge in [-0.25, -0.2) is 0 Å². The monoisotopic (exact) mass is 238 g/mol. The van der Waals surface area contributed by atoms with Crippen LogP contribution in [0.1, 0.15) is 32.1 Å². The van der Waals surface area contributed by atoms with Gasteiger partial charge in [-0.15, -0.1) is 0 Å². The molecule has 3 saturated heterocycles. The molecule has 3 unspecified atom stereocenters. The minimum atomic E-state index is -0.574. The zero-order chi connectivity index (χ0) is 12.0. The molecule has 3 heterocycles. The van der Waals surface area contributed by atoms with Crippen LogP contribution in [0.4, 0.5) is 0 Å². The molecule has 4 nitrogen and oxygen atoms in total. The third-order valence-corrected chi connectivity index (χ3v) is 5.02. The summed E-state index contributed by atoms with van der Waals surface area (Å²) in [4.78, 5) is 16.2. The molecular weight excluding hydrogens is 216 g/mol. The first-order chi connectivity index (χ1) is 8.16. The van der Waals surface area contributed by atoms with E-state index in [4.69, 9.17) is 0 Å². The molecule has 0 aromatic rings. The summed E-state index contributed by atoms with van der Waals surface area (Å²) < 4.78 is 0. The van der Waals surface area contributed by atoms with E-state index >= 15 is 0 Å². The highest BCUT2D eigenvalue weighted by Gasteiger charge is 2.51. The molecule has 4 heteroatoms. The van der Waals surface area contributed by atoms with Crippen LogP contribution in [-0.2, 0) is 4.79 Å². The second-order valence-electron chi connectivity index (χ2n) is 5.96. The van der Waals surface area contributed by atoms with Gasteiger partial charge in [0.05, 0.1) is 5.92 Å². The van der Waals surface area contributed by atoms with Crippen molar-refractivity contribution in [1.29, 1.82) is 0 Å². The highest BCUT2D eigenvalue weighted by atomic mass is 16.4. The smallest absolute Gasteiger partial charge is 0.308 e. The number of nitrogens with zero attached hydrogens (tertiary/aromatic N) is 2. The number of hydrogen-bond acceptors (Lipinski definition) is 3. The highest BCUT2D eigenvalue weighted by molar-refractivity contribution is 5.71. The van der Waals surface area contributed by atoms with Gasteiger partial charge in [0.1, 0.15) is 0 Å². The maximum Gasteiger partial charge on any atom is 0.308 e. The SMILES string of the molecule is CN1CCC(N2C3CCC2C(C(=O)O)C3)CC1. The maximum absolute atomic E-state index is 11.2. The average molecular weight is 238 g/mol. The number of hydrogen-bond donors (Lipinski definition) is 1. The van der Waals surface area contributed by atoms with Crippen LogP contribution in [0.15, 0.2) is 0 Å². The van der Waals surface area contributed by atoms with Crippen molar-refractivity contribution in [2.75, 3.05) is 20.1 Å². The third kappa shape index (κ3) is 1.87. The summed E-state index contributed by atoms with van der Waals surface area (Å²) in [6.45, 7) is 2.33. The molecule has 3 aliphatic rings. The molecule has 3 atom stereocenters. The fraction of sp³-hybridized carbons (Fsp3) is 0.923. The van der Waals surface area contributed by atoms with Crippen LogP contribution < -0.4 is 0 Å². The molecule has 1 N–H and O–H groups in total. The van der Waals surface area contributed by atoms with Gasteiger partial charge in [0.15, 0.2) is 0 Å². The lowest BCUT2D eigenvalue weighted by Crippen LogP contribution is -2.46. The summed E-state index contributed by atoms with van der Waals surface area (Å²) in [5.41, 5.74) is 0. The van der Waals surface area contributed by atoms with E-state index in [1.165, 1.54) is 32.4 Å². The van der Waals surface area contributed by atoms with Gasteiger partial charge in [0.25, 0.3) is 0 Å². The Labute approximate surface area is 103 Å². The van der Waals surface area contributed by atoms with E-state index in [0.717, 1.165) is 12.8 Å². The second-order valence-corrected chi connectivity index (χ2v) is 5.96. The Balaban J connectivity index is 1.70. The topological polar surface area (TPSA) is 43.8 Å². The Morgan fingerprint density at radius 2 is 1.82 bits per heavy atom. The minimum absolute atomic E-state index is 0.0894. The van der Waals surface area contributed by atoms with Gasteiger partial charge in [0.2, 0.25) is 0 Å². The number of aliphatic carboxylic acids is 1. The van der Waals surface area contributed by atoms with Gasteiger partial charge < -0.3 is 10.0 Å². The Morgan fingerprint density at radius 1 is 1.12 bits per heavy atom. The van der Waals surface area contributed by atoms with Crippen molar-refractivity contribution in [3.05, 3.63) is 0 Å². The molecule has 2 bridgehead atoms. The minimum Gasteiger partial charge on any atom is -0.481 e. The number of carboxylic acid groups (broad SMARTS) is 1. The molecular formula is C13H22N2O2. The van der Waals surface area contributed by atoms with E-state index in [1.54, 1.807) is 0 Å². The number of carbonyl (C=O) groups is 1. The standard InChI is InChI=1S/C13H22N2O2/c1-14-6-4-9(5-7-14)15-10-2-3-12(15)11(8-10)13(16)17/h9-12H,2-8H2,1H3,(H,16,17). The number of carboxylic acids is 1. The Morgan fingerprint density at radius 3 is 2.41 bits per heavy atom. The van der Waals surface area contributed by atoms with Crippen molar-refractivity contribution < 1.29 is 9.90 Å². The Hall–Kier alpha value is -0.610. The Kier molecular flexibility index (Phi) is 2.87. The number of piperidine rings is 1. The molecule has 3 aliphatic heterocycles. The fourth-order valence-electron chi connectivity index (χ4n) is 4.16. The lowest BCUT2D eigenvalue weighted by molar-refractivity contribution is -0.142. The van der Waals surface area contributed by atoms with Gasteiger partial charge in [-0.1, -0.05) is 0 Å². The summed E-state index contributed by atoms with van der Waals surface area (Å²) in [7, 11) is 2.18. The maximum atomic E-state index is 11.2. The highest BCUT2D eigenvalue weighted by Crippen LogP contribution is 2.44. The van der Waals surface area contributed by atoms with Crippen LogP contribution in [0.5, 0.6) is 0 Å². The van der Waals surface area contributed by atoms with Gasteiger partial charge in [-0.05, 0) is 52.2 Å². The molecule has 0 aliphatic carbocycles. The van der Waals surface area contributed by atoms with E-state index in [0.29, 0.717) is 18.1 Å². The van der Waals surface area contributed by atoms with Gasteiger partial charge in [-0.2, -0.15) is 0 Å².